The van der Waals surface area contributed by atoms with E-state index in [0.29, 0.717) is 22.1 Å². The van der Waals surface area contributed by atoms with Gasteiger partial charge >= 0.3 is 0 Å². The molecule has 1 heterocycles. The van der Waals surface area contributed by atoms with Gasteiger partial charge in [-0.05, 0) is 36.4 Å². The van der Waals surface area contributed by atoms with E-state index in [0.717, 1.165) is 5.69 Å². The monoisotopic (exact) mass is 323 g/mol. The van der Waals surface area contributed by atoms with Gasteiger partial charge in [0, 0.05) is 11.9 Å². The van der Waals surface area contributed by atoms with Crippen LogP contribution in [-0.2, 0) is 0 Å². The minimum absolute atomic E-state index is 0.237. The van der Waals surface area contributed by atoms with Crippen LogP contribution in [0.2, 0.25) is 5.02 Å². The third kappa shape index (κ3) is 3.67. The molecule has 5 heteroatoms. The number of nitrogens with one attached hydrogen (secondary N) is 2. The second kappa shape index (κ2) is 6.94. The molecule has 0 saturated heterocycles. The topological polar surface area (TPSA) is 54.0 Å². The van der Waals surface area contributed by atoms with Gasteiger partial charge in [0.1, 0.15) is 5.82 Å². The van der Waals surface area contributed by atoms with Crippen molar-refractivity contribution < 1.29 is 4.79 Å². The molecule has 3 rings (SSSR count). The van der Waals surface area contributed by atoms with Gasteiger partial charge in [-0.2, -0.15) is 0 Å². The number of halogens is 1. The molecule has 0 bridgehead atoms. The number of hydrogen-bond donors (Lipinski definition) is 2. The molecule has 2 N–H and O–H groups in total. The maximum Gasteiger partial charge on any atom is 0.259 e. The van der Waals surface area contributed by atoms with Gasteiger partial charge in [-0.15, -0.1) is 0 Å². The van der Waals surface area contributed by atoms with Crippen LogP contribution in [0.25, 0.3) is 0 Å². The Labute approximate surface area is 139 Å². The van der Waals surface area contributed by atoms with Gasteiger partial charge in [0.25, 0.3) is 5.91 Å². The van der Waals surface area contributed by atoms with Crippen molar-refractivity contribution in [3.8, 4) is 0 Å². The van der Waals surface area contributed by atoms with Crippen molar-refractivity contribution in [2.24, 2.45) is 0 Å². The van der Waals surface area contributed by atoms with Crippen LogP contribution in [0.15, 0.2) is 72.9 Å². The van der Waals surface area contributed by atoms with Crippen molar-refractivity contribution in [3.63, 3.8) is 0 Å². The molecule has 0 aliphatic carbocycles. The fraction of sp³-hybridized carbons (Fsp3) is 0. The molecular formula is C18H14ClN3O. The van der Waals surface area contributed by atoms with Crippen molar-refractivity contribution >= 4 is 34.7 Å². The number of amides is 1. The predicted octanol–water partition coefficient (Wildman–Crippen LogP) is 4.73. The lowest BCUT2D eigenvalue weighted by atomic mass is 10.2. The molecule has 0 spiro atoms. The summed E-state index contributed by atoms with van der Waals surface area (Å²) in [5, 5.41) is 6.51. The molecule has 0 saturated carbocycles. The number of anilines is 3. The highest BCUT2D eigenvalue weighted by Gasteiger charge is 2.13. The third-order valence-corrected chi connectivity index (χ3v) is 3.54. The first kappa shape index (κ1) is 15.1. The maximum absolute atomic E-state index is 12.5. The Morgan fingerprint density at radius 3 is 2.43 bits per heavy atom. The summed E-state index contributed by atoms with van der Waals surface area (Å²) in [5.41, 5.74) is 1.86. The number of para-hydroxylation sites is 2. The summed E-state index contributed by atoms with van der Waals surface area (Å²) in [6, 6.07) is 20.0. The molecule has 23 heavy (non-hydrogen) atoms. The highest BCUT2D eigenvalue weighted by Crippen LogP contribution is 2.25. The van der Waals surface area contributed by atoms with Crippen molar-refractivity contribution in [1.29, 1.82) is 0 Å². The maximum atomic E-state index is 12.5. The number of carbonyl (C=O) groups excluding carboxylic acids is 1. The van der Waals surface area contributed by atoms with Gasteiger partial charge in [-0.25, -0.2) is 4.98 Å². The average Bonchev–Trinajstić information content (AvgIpc) is 2.58. The van der Waals surface area contributed by atoms with Gasteiger partial charge in [-0.3, -0.25) is 4.79 Å². The summed E-state index contributed by atoms with van der Waals surface area (Å²) in [6.45, 7) is 0. The molecule has 114 valence electrons. The highest BCUT2D eigenvalue weighted by molar-refractivity contribution is 6.33. The molecule has 4 nitrogen and oxygen atoms in total. The van der Waals surface area contributed by atoms with E-state index in [1.54, 1.807) is 24.4 Å². The fourth-order valence-corrected chi connectivity index (χ4v) is 2.28. The smallest absolute Gasteiger partial charge is 0.259 e. The van der Waals surface area contributed by atoms with Crippen LogP contribution >= 0.6 is 11.6 Å². The Morgan fingerprint density at radius 2 is 1.65 bits per heavy atom. The lowest BCUT2D eigenvalue weighted by Crippen LogP contribution is -2.14. The molecule has 2 aromatic carbocycles. The van der Waals surface area contributed by atoms with Crippen molar-refractivity contribution in [3.05, 3.63) is 83.5 Å². The zero-order valence-electron chi connectivity index (χ0n) is 12.2. The van der Waals surface area contributed by atoms with Gasteiger partial charge in [0.05, 0.1) is 16.3 Å². The van der Waals surface area contributed by atoms with E-state index in [1.807, 2.05) is 48.5 Å². The van der Waals surface area contributed by atoms with Crippen molar-refractivity contribution in [2.75, 3.05) is 10.6 Å². The summed E-state index contributed by atoms with van der Waals surface area (Å²) >= 11 is 6.14. The fourth-order valence-electron chi connectivity index (χ4n) is 2.10. The molecule has 3 aromatic rings. The number of hydrogen-bond acceptors (Lipinski definition) is 3. The molecule has 1 aromatic heterocycles. The van der Waals surface area contributed by atoms with E-state index >= 15 is 0 Å². The molecule has 0 aliphatic heterocycles. The largest absolute Gasteiger partial charge is 0.338 e. The van der Waals surface area contributed by atoms with Crippen molar-refractivity contribution in [2.45, 2.75) is 0 Å². The van der Waals surface area contributed by atoms with E-state index in [2.05, 4.69) is 15.6 Å². The molecule has 0 aliphatic rings. The molecule has 0 radical (unpaired) electrons. The third-order valence-electron chi connectivity index (χ3n) is 3.21. The number of pyridine rings is 1. The van der Waals surface area contributed by atoms with Crippen LogP contribution in [0.4, 0.5) is 17.2 Å². The first-order valence-electron chi connectivity index (χ1n) is 7.07. The van der Waals surface area contributed by atoms with E-state index < -0.39 is 0 Å². The number of aromatic nitrogens is 1. The van der Waals surface area contributed by atoms with Gasteiger partial charge in [-0.1, -0.05) is 41.9 Å². The Balaban J connectivity index is 1.86. The lowest BCUT2D eigenvalue weighted by molar-refractivity contribution is 0.102. The second-order valence-corrected chi connectivity index (χ2v) is 5.23. The highest BCUT2D eigenvalue weighted by atomic mass is 35.5. The summed E-state index contributed by atoms with van der Waals surface area (Å²) in [4.78, 5) is 16.7. The van der Waals surface area contributed by atoms with Crippen LogP contribution < -0.4 is 10.6 Å². The number of benzene rings is 2. The summed E-state index contributed by atoms with van der Waals surface area (Å²) < 4.78 is 0. The van der Waals surface area contributed by atoms with Crippen molar-refractivity contribution in [1.82, 2.24) is 4.98 Å². The van der Waals surface area contributed by atoms with Crippen LogP contribution in [0, 0.1) is 0 Å². The molecule has 0 unspecified atom stereocenters. The summed E-state index contributed by atoms with van der Waals surface area (Å²) in [7, 11) is 0. The van der Waals surface area contributed by atoms with E-state index in [-0.39, 0.29) is 5.91 Å². The van der Waals surface area contributed by atoms with Gasteiger partial charge in [0.15, 0.2) is 0 Å². The van der Waals surface area contributed by atoms with E-state index in [1.165, 1.54) is 0 Å². The first-order chi connectivity index (χ1) is 11.2. The molecule has 0 fully saturated rings. The second-order valence-electron chi connectivity index (χ2n) is 4.82. The average molecular weight is 324 g/mol. The first-order valence-corrected chi connectivity index (χ1v) is 7.45. The van der Waals surface area contributed by atoms with Crippen LogP contribution in [0.3, 0.4) is 0 Å². The zero-order chi connectivity index (χ0) is 16.1. The molecular weight excluding hydrogens is 310 g/mol. The van der Waals surface area contributed by atoms with Crippen LogP contribution in [-0.4, -0.2) is 10.9 Å². The molecule has 0 atom stereocenters. The number of carbonyl (C=O) groups is 1. The van der Waals surface area contributed by atoms with E-state index in [9.17, 15) is 4.79 Å². The summed E-state index contributed by atoms with van der Waals surface area (Å²) in [6.07, 6.45) is 1.62. The SMILES string of the molecule is O=C(Nc1ccccc1)c1cccnc1Nc1ccccc1Cl. The minimum Gasteiger partial charge on any atom is -0.338 e. The normalized spacial score (nSPS) is 10.1. The Hall–Kier alpha value is -2.85. The Bertz CT molecular complexity index is 821. The minimum atomic E-state index is -0.237. The Morgan fingerprint density at radius 1 is 0.913 bits per heavy atom. The predicted molar refractivity (Wildman–Crippen MR) is 93.4 cm³/mol. The quantitative estimate of drug-likeness (QED) is 0.729. The standard InChI is InChI=1S/C18H14ClN3O/c19-15-10-4-5-11-16(15)22-17-14(9-6-12-20-17)18(23)21-13-7-2-1-3-8-13/h1-12H,(H,20,22)(H,21,23). The Kier molecular flexibility index (Phi) is 4.54. The number of rotatable bonds is 4. The number of nitrogens with zero attached hydrogens (tertiary/aromatic N) is 1. The van der Waals surface area contributed by atoms with E-state index in [4.69, 9.17) is 11.6 Å². The van der Waals surface area contributed by atoms with Crippen LogP contribution in [0.5, 0.6) is 0 Å². The zero-order valence-corrected chi connectivity index (χ0v) is 12.9. The summed E-state index contributed by atoms with van der Waals surface area (Å²) in [5.74, 6) is 0.216. The molecule has 1 amide bonds. The lowest BCUT2D eigenvalue weighted by Gasteiger charge is -2.12. The van der Waals surface area contributed by atoms with Crippen LogP contribution in [0.1, 0.15) is 10.4 Å². The van der Waals surface area contributed by atoms with Gasteiger partial charge in [0.2, 0.25) is 0 Å². The van der Waals surface area contributed by atoms with Gasteiger partial charge < -0.3 is 10.6 Å².